The van der Waals surface area contributed by atoms with Crippen molar-refractivity contribution in [3.8, 4) is 0 Å². The van der Waals surface area contributed by atoms with Crippen LogP contribution >= 0.6 is 23.2 Å². The normalized spacial score (nSPS) is 10.9. The van der Waals surface area contributed by atoms with Gasteiger partial charge in [0.2, 0.25) is 0 Å². The third kappa shape index (κ3) is 3.48. The van der Waals surface area contributed by atoms with Gasteiger partial charge in [-0.05, 0) is 36.2 Å². The fourth-order valence-electron chi connectivity index (χ4n) is 3.03. The van der Waals surface area contributed by atoms with E-state index < -0.39 is 0 Å². The molecule has 3 rings (SSSR count). The van der Waals surface area contributed by atoms with Gasteiger partial charge in [-0.1, -0.05) is 47.5 Å². The molecule has 0 bridgehead atoms. The van der Waals surface area contributed by atoms with E-state index in [9.17, 15) is 9.59 Å². The van der Waals surface area contributed by atoms with E-state index in [-0.39, 0.29) is 17.9 Å². The molecule has 1 aromatic heterocycles. The Hall–Kier alpha value is -2.30. The molecule has 4 nitrogen and oxygen atoms in total. The number of methoxy groups -OCH3 is 1. The molecular formula is C20H17Cl2NO3. The molecule has 134 valence electrons. The molecule has 2 aromatic carbocycles. The SMILES string of the molecule is COC(=O)Cc1c(C)c(=O)n(Cc2ccc(Cl)c(Cl)c2)c2ccccc12. The van der Waals surface area contributed by atoms with Gasteiger partial charge in [0.05, 0.1) is 35.6 Å². The first kappa shape index (κ1) is 18.5. The van der Waals surface area contributed by atoms with Crippen LogP contribution in [0.5, 0.6) is 0 Å². The van der Waals surface area contributed by atoms with E-state index in [2.05, 4.69) is 0 Å². The van der Waals surface area contributed by atoms with Crippen LogP contribution in [0.4, 0.5) is 0 Å². The van der Waals surface area contributed by atoms with Crippen LogP contribution in [0.3, 0.4) is 0 Å². The van der Waals surface area contributed by atoms with Crippen molar-refractivity contribution in [3.05, 3.63) is 79.6 Å². The van der Waals surface area contributed by atoms with Crippen LogP contribution in [-0.4, -0.2) is 17.6 Å². The standard InChI is InChI=1S/C20H17Cl2NO3/c1-12-15(10-19(24)26-2)14-5-3-4-6-18(14)23(20(12)25)11-13-7-8-16(21)17(22)9-13/h3-9H,10-11H2,1-2H3. The molecule has 0 N–H and O–H groups in total. The molecule has 0 aliphatic heterocycles. The van der Waals surface area contributed by atoms with Crippen LogP contribution in [0.15, 0.2) is 47.3 Å². The van der Waals surface area contributed by atoms with Gasteiger partial charge >= 0.3 is 5.97 Å². The molecule has 0 spiro atoms. The number of para-hydroxylation sites is 1. The highest BCUT2D eigenvalue weighted by Gasteiger charge is 2.16. The van der Waals surface area contributed by atoms with Gasteiger partial charge in [0, 0.05) is 10.9 Å². The average Bonchev–Trinajstić information content (AvgIpc) is 2.65. The lowest BCUT2D eigenvalue weighted by Crippen LogP contribution is -2.26. The zero-order valence-corrected chi connectivity index (χ0v) is 15.9. The van der Waals surface area contributed by atoms with Gasteiger partial charge in [-0.3, -0.25) is 9.59 Å². The number of hydrogen-bond acceptors (Lipinski definition) is 3. The molecule has 0 unspecified atom stereocenters. The third-order valence-electron chi connectivity index (χ3n) is 4.41. The Morgan fingerprint density at radius 1 is 1.12 bits per heavy atom. The first-order valence-electron chi connectivity index (χ1n) is 8.04. The van der Waals surface area contributed by atoms with Gasteiger partial charge in [0.15, 0.2) is 0 Å². The summed E-state index contributed by atoms with van der Waals surface area (Å²) < 4.78 is 6.46. The van der Waals surface area contributed by atoms with E-state index >= 15 is 0 Å². The number of carbonyl (C=O) groups is 1. The molecule has 0 amide bonds. The molecule has 26 heavy (non-hydrogen) atoms. The first-order valence-corrected chi connectivity index (χ1v) is 8.79. The molecule has 0 aliphatic rings. The van der Waals surface area contributed by atoms with Crippen molar-refractivity contribution in [2.75, 3.05) is 7.11 Å². The highest BCUT2D eigenvalue weighted by Crippen LogP contribution is 2.25. The van der Waals surface area contributed by atoms with Gasteiger partial charge in [-0.15, -0.1) is 0 Å². The maximum Gasteiger partial charge on any atom is 0.310 e. The number of carbonyl (C=O) groups excluding carboxylic acids is 1. The van der Waals surface area contributed by atoms with Gasteiger partial charge in [0.25, 0.3) is 5.56 Å². The summed E-state index contributed by atoms with van der Waals surface area (Å²) in [6.45, 7) is 2.09. The zero-order valence-electron chi connectivity index (χ0n) is 14.4. The summed E-state index contributed by atoms with van der Waals surface area (Å²) in [5.74, 6) is -0.375. The van der Waals surface area contributed by atoms with E-state index in [0.717, 1.165) is 16.5 Å². The smallest absolute Gasteiger partial charge is 0.310 e. The van der Waals surface area contributed by atoms with Crippen LogP contribution in [0.25, 0.3) is 10.9 Å². The number of aromatic nitrogens is 1. The van der Waals surface area contributed by atoms with Gasteiger partial charge < -0.3 is 9.30 Å². The fraction of sp³-hybridized carbons (Fsp3) is 0.200. The van der Waals surface area contributed by atoms with Crippen molar-refractivity contribution in [2.24, 2.45) is 0 Å². The molecule has 0 atom stereocenters. The fourth-order valence-corrected chi connectivity index (χ4v) is 3.35. The molecular weight excluding hydrogens is 373 g/mol. The average molecular weight is 390 g/mol. The predicted octanol–water partition coefficient (Wildman–Crippen LogP) is 4.38. The maximum absolute atomic E-state index is 13.0. The second kappa shape index (κ2) is 7.52. The topological polar surface area (TPSA) is 48.3 Å². The van der Waals surface area contributed by atoms with Crippen LogP contribution in [0, 0.1) is 6.92 Å². The summed E-state index contributed by atoms with van der Waals surface area (Å²) >= 11 is 12.1. The second-order valence-electron chi connectivity index (χ2n) is 6.01. The lowest BCUT2D eigenvalue weighted by atomic mass is 10.0. The Morgan fingerprint density at radius 3 is 2.54 bits per heavy atom. The lowest BCUT2D eigenvalue weighted by molar-refractivity contribution is -0.139. The van der Waals surface area contributed by atoms with Crippen molar-refractivity contribution in [1.29, 1.82) is 0 Å². The van der Waals surface area contributed by atoms with Gasteiger partial charge in [-0.25, -0.2) is 0 Å². The van der Waals surface area contributed by atoms with Crippen LogP contribution < -0.4 is 5.56 Å². The number of nitrogens with zero attached hydrogens (tertiary/aromatic N) is 1. The number of ether oxygens (including phenoxy) is 1. The monoisotopic (exact) mass is 389 g/mol. The van der Waals surface area contributed by atoms with Crippen molar-refractivity contribution in [1.82, 2.24) is 4.57 Å². The van der Waals surface area contributed by atoms with Crippen LogP contribution in [0.1, 0.15) is 16.7 Å². The number of benzene rings is 2. The minimum absolute atomic E-state index is 0.0612. The summed E-state index contributed by atoms with van der Waals surface area (Å²) in [5, 5.41) is 1.77. The molecule has 0 fully saturated rings. The number of rotatable bonds is 4. The van der Waals surface area contributed by atoms with Gasteiger partial charge in [0.1, 0.15) is 0 Å². The van der Waals surface area contributed by atoms with Crippen LogP contribution in [-0.2, 0) is 22.5 Å². The quantitative estimate of drug-likeness (QED) is 0.622. The van der Waals surface area contributed by atoms with Crippen molar-refractivity contribution >= 4 is 40.1 Å². The molecule has 0 aliphatic carbocycles. The third-order valence-corrected chi connectivity index (χ3v) is 5.15. The lowest BCUT2D eigenvalue weighted by Gasteiger charge is -2.16. The van der Waals surface area contributed by atoms with Gasteiger partial charge in [-0.2, -0.15) is 0 Å². The highest BCUT2D eigenvalue weighted by atomic mass is 35.5. The highest BCUT2D eigenvalue weighted by molar-refractivity contribution is 6.42. The summed E-state index contributed by atoms with van der Waals surface area (Å²) in [4.78, 5) is 24.8. The largest absolute Gasteiger partial charge is 0.469 e. The zero-order chi connectivity index (χ0) is 18.8. The Labute approximate surface area is 160 Å². The van der Waals surface area contributed by atoms with Crippen LogP contribution in [0.2, 0.25) is 10.0 Å². The molecule has 0 saturated carbocycles. The summed E-state index contributed by atoms with van der Waals surface area (Å²) in [5.41, 5.74) is 2.71. The Morgan fingerprint density at radius 2 is 1.85 bits per heavy atom. The maximum atomic E-state index is 13.0. The minimum Gasteiger partial charge on any atom is -0.469 e. The van der Waals surface area contributed by atoms with E-state index in [1.165, 1.54) is 7.11 Å². The van der Waals surface area contributed by atoms with E-state index in [0.29, 0.717) is 27.7 Å². The molecule has 1 heterocycles. The molecule has 6 heteroatoms. The Bertz CT molecular complexity index is 1060. The number of halogens is 2. The number of esters is 1. The van der Waals surface area contributed by atoms with E-state index in [1.807, 2.05) is 30.3 Å². The molecule has 0 radical (unpaired) electrons. The predicted molar refractivity (Wildman–Crippen MR) is 104 cm³/mol. The first-order chi connectivity index (χ1) is 12.4. The Kier molecular flexibility index (Phi) is 5.35. The van der Waals surface area contributed by atoms with Crippen molar-refractivity contribution in [2.45, 2.75) is 19.9 Å². The summed E-state index contributed by atoms with van der Waals surface area (Å²) in [6, 6.07) is 12.8. The number of pyridine rings is 1. The molecule has 3 aromatic rings. The van der Waals surface area contributed by atoms with Crippen molar-refractivity contribution < 1.29 is 9.53 Å². The summed E-state index contributed by atoms with van der Waals surface area (Å²) in [7, 11) is 1.34. The van der Waals surface area contributed by atoms with E-state index in [1.54, 1.807) is 23.6 Å². The number of hydrogen-bond donors (Lipinski definition) is 0. The number of fused-ring (bicyclic) bond motifs is 1. The minimum atomic E-state index is -0.375. The van der Waals surface area contributed by atoms with Crippen molar-refractivity contribution in [3.63, 3.8) is 0 Å². The summed E-state index contributed by atoms with van der Waals surface area (Å²) in [6.07, 6.45) is 0.0612. The van der Waals surface area contributed by atoms with E-state index in [4.69, 9.17) is 27.9 Å². The second-order valence-corrected chi connectivity index (χ2v) is 6.83. The Balaban J connectivity index is 2.19. The molecule has 0 saturated heterocycles.